The van der Waals surface area contributed by atoms with Crippen molar-refractivity contribution in [2.75, 3.05) is 12.4 Å². The van der Waals surface area contributed by atoms with E-state index in [2.05, 4.69) is 60.2 Å². The van der Waals surface area contributed by atoms with E-state index in [0.717, 1.165) is 10.2 Å². The van der Waals surface area contributed by atoms with Crippen LogP contribution in [0.3, 0.4) is 0 Å². The van der Waals surface area contributed by atoms with Crippen LogP contribution in [-0.4, -0.2) is 7.05 Å². The number of anilines is 1. The highest BCUT2D eigenvalue weighted by Crippen LogP contribution is 2.29. The first kappa shape index (κ1) is 10.6. The van der Waals surface area contributed by atoms with Crippen molar-refractivity contribution in [2.45, 2.75) is 26.2 Å². The summed E-state index contributed by atoms with van der Waals surface area (Å²) in [5, 5.41) is 3.13. The summed E-state index contributed by atoms with van der Waals surface area (Å²) < 4.78 is 1.13. The van der Waals surface area contributed by atoms with Gasteiger partial charge in [0.25, 0.3) is 0 Å². The zero-order valence-electron chi connectivity index (χ0n) is 8.61. The summed E-state index contributed by atoms with van der Waals surface area (Å²) in [5.74, 6) is 0. The molecule has 1 rings (SSSR count). The molecule has 1 aromatic carbocycles. The molecule has 0 aliphatic heterocycles. The van der Waals surface area contributed by atoms with E-state index in [0.29, 0.717) is 0 Å². The molecule has 0 radical (unpaired) electrons. The molecule has 0 unspecified atom stereocenters. The number of hydrogen-bond donors (Lipinski definition) is 1. The summed E-state index contributed by atoms with van der Waals surface area (Å²) in [4.78, 5) is 0. The molecule has 1 aromatic rings. The van der Waals surface area contributed by atoms with Crippen molar-refractivity contribution in [3.8, 4) is 0 Å². The minimum Gasteiger partial charge on any atom is -0.387 e. The van der Waals surface area contributed by atoms with Crippen LogP contribution in [0, 0.1) is 0 Å². The quantitative estimate of drug-likeness (QED) is 0.790. The van der Waals surface area contributed by atoms with Crippen LogP contribution < -0.4 is 5.32 Å². The van der Waals surface area contributed by atoms with Gasteiger partial charge in [0.05, 0.1) is 0 Å². The predicted molar refractivity (Wildman–Crippen MR) is 62.4 cm³/mol. The molecule has 0 spiro atoms. The SMILES string of the molecule is CNc1ccc(C(C)(C)C)cc1Br. The lowest BCUT2D eigenvalue weighted by molar-refractivity contribution is 0.590. The Morgan fingerprint density at radius 3 is 2.23 bits per heavy atom. The van der Waals surface area contributed by atoms with Gasteiger partial charge in [0.15, 0.2) is 0 Å². The monoisotopic (exact) mass is 241 g/mol. The van der Waals surface area contributed by atoms with E-state index in [9.17, 15) is 0 Å². The Balaban J connectivity index is 3.10. The van der Waals surface area contributed by atoms with Crippen molar-refractivity contribution in [1.29, 1.82) is 0 Å². The first-order valence-corrected chi connectivity index (χ1v) is 5.22. The Morgan fingerprint density at radius 2 is 1.85 bits per heavy atom. The van der Waals surface area contributed by atoms with Crippen molar-refractivity contribution in [3.05, 3.63) is 28.2 Å². The largest absolute Gasteiger partial charge is 0.387 e. The van der Waals surface area contributed by atoms with Crippen molar-refractivity contribution >= 4 is 21.6 Å². The van der Waals surface area contributed by atoms with Crippen molar-refractivity contribution in [3.63, 3.8) is 0 Å². The lowest BCUT2D eigenvalue weighted by Crippen LogP contribution is -2.10. The molecule has 0 bridgehead atoms. The van der Waals surface area contributed by atoms with Gasteiger partial charge in [-0.05, 0) is 39.0 Å². The summed E-state index contributed by atoms with van der Waals surface area (Å²) in [6.45, 7) is 6.65. The van der Waals surface area contributed by atoms with E-state index < -0.39 is 0 Å². The lowest BCUT2D eigenvalue weighted by atomic mass is 9.87. The number of halogens is 1. The van der Waals surface area contributed by atoms with Crippen LogP contribution in [0.1, 0.15) is 26.3 Å². The van der Waals surface area contributed by atoms with Crippen molar-refractivity contribution in [1.82, 2.24) is 0 Å². The van der Waals surface area contributed by atoms with Gasteiger partial charge in [-0.3, -0.25) is 0 Å². The summed E-state index contributed by atoms with van der Waals surface area (Å²) in [7, 11) is 1.93. The maximum atomic E-state index is 3.54. The fourth-order valence-electron chi connectivity index (χ4n) is 1.18. The minimum atomic E-state index is 0.217. The van der Waals surface area contributed by atoms with E-state index in [-0.39, 0.29) is 5.41 Å². The van der Waals surface area contributed by atoms with Crippen LogP contribution in [-0.2, 0) is 5.41 Å². The van der Waals surface area contributed by atoms with E-state index in [1.54, 1.807) is 0 Å². The van der Waals surface area contributed by atoms with Crippen LogP contribution in [0.2, 0.25) is 0 Å². The summed E-state index contributed by atoms with van der Waals surface area (Å²) >= 11 is 3.54. The van der Waals surface area contributed by atoms with Crippen LogP contribution in [0.15, 0.2) is 22.7 Å². The van der Waals surface area contributed by atoms with Crippen LogP contribution in [0.4, 0.5) is 5.69 Å². The third-order valence-electron chi connectivity index (χ3n) is 2.10. The number of hydrogen-bond acceptors (Lipinski definition) is 1. The Morgan fingerprint density at radius 1 is 1.23 bits per heavy atom. The zero-order valence-corrected chi connectivity index (χ0v) is 10.2. The predicted octanol–water partition coefficient (Wildman–Crippen LogP) is 3.79. The van der Waals surface area contributed by atoms with Gasteiger partial charge in [0, 0.05) is 17.2 Å². The van der Waals surface area contributed by atoms with Crippen molar-refractivity contribution < 1.29 is 0 Å². The lowest BCUT2D eigenvalue weighted by Gasteiger charge is -2.20. The molecule has 0 atom stereocenters. The van der Waals surface area contributed by atoms with Crippen LogP contribution in [0.25, 0.3) is 0 Å². The Kier molecular flexibility index (Phi) is 3.01. The van der Waals surface area contributed by atoms with E-state index in [1.165, 1.54) is 5.56 Å². The van der Waals surface area contributed by atoms with Gasteiger partial charge in [-0.1, -0.05) is 26.8 Å². The first-order valence-electron chi connectivity index (χ1n) is 4.43. The molecular weight excluding hydrogens is 226 g/mol. The first-order chi connectivity index (χ1) is 5.95. The average molecular weight is 242 g/mol. The molecule has 0 saturated carbocycles. The summed E-state index contributed by atoms with van der Waals surface area (Å²) in [5.41, 5.74) is 2.70. The molecule has 0 aromatic heterocycles. The van der Waals surface area contributed by atoms with Gasteiger partial charge in [-0.2, -0.15) is 0 Å². The highest BCUT2D eigenvalue weighted by Gasteiger charge is 2.14. The van der Waals surface area contributed by atoms with Gasteiger partial charge in [-0.25, -0.2) is 0 Å². The molecule has 72 valence electrons. The average Bonchev–Trinajstić information content (AvgIpc) is 2.02. The second-order valence-corrected chi connectivity index (χ2v) is 5.05. The molecule has 1 N–H and O–H groups in total. The maximum absolute atomic E-state index is 3.54. The van der Waals surface area contributed by atoms with E-state index >= 15 is 0 Å². The Bertz CT molecular complexity index is 299. The number of nitrogens with one attached hydrogen (secondary N) is 1. The molecule has 0 aliphatic rings. The highest BCUT2D eigenvalue weighted by atomic mass is 79.9. The molecule has 1 nitrogen and oxygen atoms in total. The Hall–Kier alpha value is -0.500. The van der Waals surface area contributed by atoms with E-state index in [1.807, 2.05) is 7.05 Å². The summed E-state index contributed by atoms with van der Waals surface area (Å²) in [6, 6.07) is 6.44. The fourth-order valence-corrected chi connectivity index (χ4v) is 1.76. The highest BCUT2D eigenvalue weighted by molar-refractivity contribution is 9.10. The smallest absolute Gasteiger partial charge is 0.0482 e. The minimum absolute atomic E-state index is 0.217. The van der Waals surface area contributed by atoms with Crippen LogP contribution in [0.5, 0.6) is 0 Å². The van der Waals surface area contributed by atoms with Gasteiger partial charge >= 0.3 is 0 Å². The summed E-state index contributed by atoms with van der Waals surface area (Å²) in [6.07, 6.45) is 0. The van der Waals surface area contributed by atoms with E-state index in [4.69, 9.17) is 0 Å². The molecule has 0 aliphatic carbocycles. The molecule has 0 fully saturated rings. The molecular formula is C11H16BrN. The number of rotatable bonds is 1. The second kappa shape index (κ2) is 3.70. The van der Waals surface area contributed by atoms with Gasteiger partial charge in [-0.15, -0.1) is 0 Å². The third kappa shape index (κ3) is 2.47. The maximum Gasteiger partial charge on any atom is 0.0482 e. The molecule has 13 heavy (non-hydrogen) atoms. The molecule has 0 heterocycles. The topological polar surface area (TPSA) is 12.0 Å². The standard InChI is InChI=1S/C11H16BrN/c1-11(2,3)8-5-6-10(13-4)9(12)7-8/h5-7,13H,1-4H3. The molecule has 0 amide bonds. The van der Waals surface area contributed by atoms with Crippen LogP contribution >= 0.6 is 15.9 Å². The fraction of sp³-hybridized carbons (Fsp3) is 0.455. The molecule has 0 saturated heterocycles. The molecule has 2 heteroatoms. The second-order valence-electron chi connectivity index (χ2n) is 4.19. The zero-order chi connectivity index (χ0) is 10.1. The normalized spacial score (nSPS) is 11.5. The van der Waals surface area contributed by atoms with Crippen molar-refractivity contribution in [2.24, 2.45) is 0 Å². The van der Waals surface area contributed by atoms with Gasteiger partial charge in [0.1, 0.15) is 0 Å². The van der Waals surface area contributed by atoms with Gasteiger partial charge in [0.2, 0.25) is 0 Å². The third-order valence-corrected chi connectivity index (χ3v) is 2.76. The van der Waals surface area contributed by atoms with Gasteiger partial charge < -0.3 is 5.32 Å². The number of benzene rings is 1. The Labute approximate surface area is 88.7 Å².